The van der Waals surface area contributed by atoms with Crippen LogP contribution in [0.25, 0.3) is 0 Å². The predicted octanol–water partition coefficient (Wildman–Crippen LogP) is 0.943. The highest BCUT2D eigenvalue weighted by molar-refractivity contribution is 6.30. The van der Waals surface area contributed by atoms with Crippen LogP contribution in [0.15, 0.2) is 24.3 Å². The molecule has 0 bridgehead atoms. The molecule has 1 amide bonds. The molecular formula is C13H18ClN3O. The van der Waals surface area contributed by atoms with Gasteiger partial charge in [0.25, 0.3) is 0 Å². The van der Waals surface area contributed by atoms with Crippen molar-refractivity contribution in [3.8, 4) is 0 Å². The molecule has 5 heteroatoms. The standard InChI is InChI=1S/C13H18ClN3O/c14-12-3-1-2-11(8-12)10-16-4-6-17(7-5-16)13(18)9-15/h1-3,8H,4-7,9-10,15H2. The summed E-state index contributed by atoms with van der Waals surface area (Å²) in [5, 5.41) is 0.768. The first-order valence-corrected chi connectivity index (χ1v) is 6.51. The average molecular weight is 268 g/mol. The van der Waals surface area contributed by atoms with Crippen LogP contribution >= 0.6 is 11.6 Å². The molecule has 2 rings (SSSR count). The summed E-state index contributed by atoms with van der Waals surface area (Å²) in [5.74, 6) is 0.0393. The molecule has 1 aromatic carbocycles. The van der Waals surface area contributed by atoms with Crippen molar-refractivity contribution in [2.24, 2.45) is 5.73 Å². The SMILES string of the molecule is NCC(=O)N1CCN(Cc2cccc(Cl)c2)CC1. The molecule has 4 nitrogen and oxygen atoms in total. The molecule has 0 radical (unpaired) electrons. The van der Waals surface area contributed by atoms with Gasteiger partial charge in [-0.1, -0.05) is 23.7 Å². The molecule has 18 heavy (non-hydrogen) atoms. The Morgan fingerprint density at radius 1 is 1.28 bits per heavy atom. The second-order valence-corrected chi connectivity index (χ2v) is 4.93. The van der Waals surface area contributed by atoms with Gasteiger partial charge < -0.3 is 10.6 Å². The molecule has 2 N–H and O–H groups in total. The number of carbonyl (C=O) groups is 1. The quantitative estimate of drug-likeness (QED) is 0.887. The Hall–Kier alpha value is -1.10. The lowest BCUT2D eigenvalue weighted by molar-refractivity contribution is -0.131. The van der Waals surface area contributed by atoms with Crippen LogP contribution in [0.2, 0.25) is 5.02 Å². The molecule has 1 aliphatic rings. The van der Waals surface area contributed by atoms with E-state index in [0.29, 0.717) is 0 Å². The number of carbonyl (C=O) groups excluding carboxylic acids is 1. The number of benzene rings is 1. The van der Waals surface area contributed by atoms with E-state index in [0.717, 1.165) is 37.7 Å². The fraction of sp³-hybridized carbons (Fsp3) is 0.462. The van der Waals surface area contributed by atoms with E-state index >= 15 is 0 Å². The second-order valence-electron chi connectivity index (χ2n) is 4.49. The topological polar surface area (TPSA) is 49.6 Å². The molecule has 0 aromatic heterocycles. The summed E-state index contributed by atoms with van der Waals surface area (Å²) in [5.41, 5.74) is 6.57. The molecule has 98 valence electrons. The van der Waals surface area contributed by atoms with Crippen molar-refractivity contribution in [1.29, 1.82) is 0 Å². The van der Waals surface area contributed by atoms with Crippen LogP contribution in [0.1, 0.15) is 5.56 Å². The Bertz CT molecular complexity index is 416. The van der Waals surface area contributed by atoms with Crippen molar-refractivity contribution in [2.45, 2.75) is 6.54 Å². The van der Waals surface area contributed by atoms with Crippen molar-refractivity contribution in [3.05, 3.63) is 34.9 Å². The summed E-state index contributed by atoms with van der Waals surface area (Å²) in [7, 11) is 0. The minimum absolute atomic E-state index is 0.0393. The lowest BCUT2D eigenvalue weighted by Gasteiger charge is -2.34. The maximum absolute atomic E-state index is 11.4. The number of hydrogen-bond acceptors (Lipinski definition) is 3. The van der Waals surface area contributed by atoms with E-state index in [1.54, 1.807) is 0 Å². The first-order valence-electron chi connectivity index (χ1n) is 6.13. The van der Waals surface area contributed by atoms with Gasteiger partial charge in [-0.15, -0.1) is 0 Å². The Balaban J connectivity index is 1.85. The Morgan fingerprint density at radius 3 is 2.61 bits per heavy atom. The summed E-state index contributed by atoms with van der Waals surface area (Å²) in [4.78, 5) is 15.6. The van der Waals surface area contributed by atoms with Crippen LogP contribution in [-0.4, -0.2) is 48.4 Å². The van der Waals surface area contributed by atoms with Gasteiger partial charge in [-0.2, -0.15) is 0 Å². The fourth-order valence-corrected chi connectivity index (χ4v) is 2.39. The number of rotatable bonds is 3. The normalized spacial score (nSPS) is 16.9. The van der Waals surface area contributed by atoms with Crippen LogP contribution in [0.5, 0.6) is 0 Å². The Morgan fingerprint density at radius 2 is 2.00 bits per heavy atom. The van der Waals surface area contributed by atoms with Gasteiger partial charge in [0.2, 0.25) is 5.91 Å². The third-order valence-corrected chi connectivity index (χ3v) is 3.43. The van der Waals surface area contributed by atoms with Gasteiger partial charge in [-0.3, -0.25) is 9.69 Å². The largest absolute Gasteiger partial charge is 0.339 e. The van der Waals surface area contributed by atoms with Crippen molar-refractivity contribution < 1.29 is 4.79 Å². The maximum atomic E-state index is 11.4. The third kappa shape index (κ3) is 3.45. The zero-order valence-electron chi connectivity index (χ0n) is 10.3. The number of nitrogens with zero attached hydrogens (tertiary/aromatic N) is 2. The number of amides is 1. The number of halogens is 1. The van der Waals surface area contributed by atoms with Crippen molar-refractivity contribution in [1.82, 2.24) is 9.80 Å². The van der Waals surface area contributed by atoms with E-state index in [1.165, 1.54) is 5.56 Å². The highest BCUT2D eigenvalue weighted by Crippen LogP contribution is 2.13. The number of piperazine rings is 1. The molecular weight excluding hydrogens is 250 g/mol. The summed E-state index contributed by atoms with van der Waals surface area (Å²) < 4.78 is 0. The molecule has 0 spiro atoms. The monoisotopic (exact) mass is 267 g/mol. The lowest BCUT2D eigenvalue weighted by Crippen LogP contribution is -2.49. The molecule has 0 unspecified atom stereocenters. The van der Waals surface area contributed by atoms with Crippen LogP contribution < -0.4 is 5.73 Å². The molecule has 0 aliphatic carbocycles. The first-order chi connectivity index (χ1) is 8.69. The van der Waals surface area contributed by atoms with Crippen molar-refractivity contribution in [3.63, 3.8) is 0 Å². The average Bonchev–Trinajstić information content (AvgIpc) is 2.39. The molecule has 1 aliphatic heterocycles. The van der Waals surface area contributed by atoms with Crippen molar-refractivity contribution >= 4 is 17.5 Å². The van der Waals surface area contributed by atoms with E-state index in [-0.39, 0.29) is 12.5 Å². The van der Waals surface area contributed by atoms with Gasteiger partial charge in [0.05, 0.1) is 6.54 Å². The molecule has 1 heterocycles. The van der Waals surface area contributed by atoms with Gasteiger partial charge in [-0.05, 0) is 17.7 Å². The first kappa shape index (κ1) is 13.3. The number of nitrogens with two attached hydrogens (primary N) is 1. The highest BCUT2D eigenvalue weighted by Gasteiger charge is 2.19. The fourth-order valence-electron chi connectivity index (χ4n) is 2.18. The van der Waals surface area contributed by atoms with Gasteiger partial charge in [0.1, 0.15) is 0 Å². The zero-order chi connectivity index (χ0) is 13.0. The summed E-state index contributed by atoms with van der Waals surface area (Å²) in [6.45, 7) is 4.28. The minimum Gasteiger partial charge on any atom is -0.339 e. The van der Waals surface area contributed by atoms with Crippen LogP contribution in [-0.2, 0) is 11.3 Å². The van der Waals surface area contributed by atoms with Crippen LogP contribution in [0, 0.1) is 0 Å². The Labute approximate surface area is 112 Å². The minimum atomic E-state index is 0.0393. The van der Waals surface area contributed by atoms with Gasteiger partial charge in [-0.25, -0.2) is 0 Å². The number of hydrogen-bond donors (Lipinski definition) is 1. The Kier molecular flexibility index (Phi) is 4.58. The lowest BCUT2D eigenvalue weighted by atomic mass is 10.2. The molecule has 1 saturated heterocycles. The van der Waals surface area contributed by atoms with Crippen LogP contribution in [0.3, 0.4) is 0 Å². The van der Waals surface area contributed by atoms with Crippen LogP contribution in [0.4, 0.5) is 0 Å². The smallest absolute Gasteiger partial charge is 0.236 e. The van der Waals surface area contributed by atoms with E-state index in [2.05, 4.69) is 11.0 Å². The van der Waals surface area contributed by atoms with Gasteiger partial charge in [0.15, 0.2) is 0 Å². The molecule has 1 aromatic rings. The van der Waals surface area contributed by atoms with E-state index < -0.39 is 0 Å². The van der Waals surface area contributed by atoms with Crippen molar-refractivity contribution in [2.75, 3.05) is 32.7 Å². The van der Waals surface area contributed by atoms with E-state index in [9.17, 15) is 4.79 Å². The third-order valence-electron chi connectivity index (χ3n) is 3.19. The summed E-state index contributed by atoms with van der Waals surface area (Å²) >= 11 is 5.96. The summed E-state index contributed by atoms with van der Waals surface area (Å²) in [6.07, 6.45) is 0. The maximum Gasteiger partial charge on any atom is 0.236 e. The zero-order valence-corrected chi connectivity index (χ0v) is 11.1. The molecule has 1 fully saturated rings. The van der Waals surface area contributed by atoms with E-state index in [1.807, 2.05) is 23.1 Å². The molecule has 0 atom stereocenters. The van der Waals surface area contributed by atoms with Gasteiger partial charge in [0, 0.05) is 37.7 Å². The van der Waals surface area contributed by atoms with E-state index in [4.69, 9.17) is 17.3 Å². The summed E-state index contributed by atoms with van der Waals surface area (Å²) in [6, 6.07) is 7.90. The molecule has 0 saturated carbocycles. The highest BCUT2D eigenvalue weighted by atomic mass is 35.5. The predicted molar refractivity (Wildman–Crippen MR) is 72.4 cm³/mol. The second kappa shape index (κ2) is 6.18. The van der Waals surface area contributed by atoms with Gasteiger partial charge >= 0.3 is 0 Å².